The van der Waals surface area contributed by atoms with Gasteiger partial charge in [-0.1, -0.05) is 5.16 Å². The maximum absolute atomic E-state index is 9.25. The highest BCUT2D eigenvalue weighted by Crippen LogP contribution is 2.19. The number of methoxy groups -OCH3 is 1. The van der Waals surface area contributed by atoms with E-state index in [9.17, 15) is 5.11 Å². The molecule has 2 rings (SSSR count). The van der Waals surface area contributed by atoms with Gasteiger partial charge in [0.25, 0.3) is 5.89 Å². The van der Waals surface area contributed by atoms with E-state index in [0.717, 1.165) is 0 Å². The van der Waals surface area contributed by atoms with Crippen molar-refractivity contribution >= 4 is 0 Å². The summed E-state index contributed by atoms with van der Waals surface area (Å²) in [6.07, 6.45) is 3.48. The molecule has 1 N–H and O–H groups in total. The zero-order valence-corrected chi connectivity index (χ0v) is 8.75. The summed E-state index contributed by atoms with van der Waals surface area (Å²) in [4.78, 5) is 7.98. The average molecular weight is 221 g/mol. The van der Waals surface area contributed by atoms with Gasteiger partial charge in [-0.2, -0.15) is 4.98 Å². The van der Waals surface area contributed by atoms with Crippen molar-refractivity contribution < 1.29 is 14.4 Å². The van der Waals surface area contributed by atoms with Crippen LogP contribution in [0.5, 0.6) is 5.75 Å². The molecule has 0 fully saturated rings. The van der Waals surface area contributed by atoms with Gasteiger partial charge in [0.05, 0.1) is 18.4 Å². The molecule has 0 radical (unpaired) electrons. The second kappa shape index (κ2) is 4.71. The Morgan fingerprint density at radius 2 is 2.31 bits per heavy atom. The Bertz CT molecular complexity index is 470. The third-order valence-corrected chi connectivity index (χ3v) is 1.97. The lowest BCUT2D eigenvalue weighted by Gasteiger charge is -1.93. The molecule has 0 unspecified atom stereocenters. The second-order valence-corrected chi connectivity index (χ2v) is 3.19. The molecule has 16 heavy (non-hydrogen) atoms. The Hall–Kier alpha value is -1.95. The van der Waals surface area contributed by atoms with Crippen LogP contribution in [0.25, 0.3) is 11.5 Å². The largest absolute Gasteiger partial charge is 0.506 e. The molecule has 0 saturated carbocycles. The molecule has 6 heteroatoms. The van der Waals surface area contributed by atoms with E-state index in [1.54, 1.807) is 13.3 Å². The number of hydrogen-bond acceptors (Lipinski definition) is 6. The molecule has 2 aromatic heterocycles. The Morgan fingerprint density at radius 3 is 3.06 bits per heavy atom. The summed E-state index contributed by atoms with van der Waals surface area (Å²) in [5.74, 6) is 0.976. The van der Waals surface area contributed by atoms with E-state index in [1.165, 1.54) is 12.3 Å². The average Bonchev–Trinajstić information content (AvgIpc) is 2.75. The fourth-order valence-electron chi connectivity index (χ4n) is 1.21. The number of ether oxygens (including phenoxy) is 1. The van der Waals surface area contributed by atoms with Crippen LogP contribution in [0.1, 0.15) is 5.82 Å². The van der Waals surface area contributed by atoms with Crippen LogP contribution in [-0.2, 0) is 11.2 Å². The van der Waals surface area contributed by atoms with Gasteiger partial charge in [0, 0.05) is 19.7 Å². The molecule has 0 saturated heterocycles. The normalized spacial score (nSPS) is 10.6. The quantitative estimate of drug-likeness (QED) is 0.830. The molecule has 6 nitrogen and oxygen atoms in total. The van der Waals surface area contributed by atoms with Crippen LogP contribution in [0.4, 0.5) is 0 Å². The molecular formula is C10H11N3O3. The third-order valence-electron chi connectivity index (χ3n) is 1.97. The van der Waals surface area contributed by atoms with Crippen LogP contribution >= 0.6 is 0 Å². The van der Waals surface area contributed by atoms with E-state index in [1.807, 2.05) is 0 Å². The van der Waals surface area contributed by atoms with Gasteiger partial charge in [0.2, 0.25) is 0 Å². The number of rotatable bonds is 4. The maximum atomic E-state index is 9.25. The molecule has 0 aliphatic rings. The standard InChI is InChI=1S/C10H11N3O3/c1-15-3-2-9-12-10(16-13-9)7-4-8(14)6-11-5-7/h4-6,14H,2-3H2,1H3. The molecule has 0 amide bonds. The summed E-state index contributed by atoms with van der Waals surface area (Å²) in [7, 11) is 1.61. The molecule has 2 aromatic rings. The van der Waals surface area contributed by atoms with Crippen LogP contribution in [0.2, 0.25) is 0 Å². The first-order valence-corrected chi connectivity index (χ1v) is 4.75. The van der Waals surface area contributed by atoms with Crippen molar-refractivity contribution in [2.75, 3.05) is 13.7 Å². The van der Waals surface area contributed by atoms with Crippen LogP contribution in [-0.4, -0.2) is 33.9 Å². The third kappa shape index (κ3) is 2.34. The Balaban J connectivity index is 2.18. The van der Waals surface area contributed by atoms with Crippen molar-refractivity contribution in [3.05, 3.63) is 24.3 Å². The first-order valence-electron chi connectivity index (χ1n) is 4.75. The zero-order chi connectivity index (χ0) is 11.4. The lowest BCUT2D eigenvalue weighted by atomic mass is 10.3. The Labute approximate surface area is 91.9 Å². The van der Waals surface area contributed by atoms with Crippen molar-refractivity contribution in [3.8, 4) is 17.2 Å². The van der Waals surface area contributed by atoms with Crippen molar-refractivity contribution in [2.24, 2.45) is 0 Å². The Kier molecular flexibility index (Phi) is 3.11. The minimum atomic E-state index is 0.0640. The number of pyridine rings is 1. The van der Waals surface area contributed by atoms with Crippen molar-refractivity contribution in [1.29, 1.82) is 0 Å². The zero-order valence-electron chi connectivity index (χ0n) is 8.75. The molecule has 0 aromatic carbocycles. The van der Waals surface area contributed by atoms with E-state index in [4.69, 9.17) is 9.26 Å². The van der Waals surface area contributed by atoms with Crippen LogP contribution in [0, 0.1) is 0 Å². The number of aromatic hydroxyl groups is 1. The van der Waals surface area contributed by atoms with Crippen molar-refractivity contribution in [3.63, 3.8) is 0 Å². The van der Waals surface area contributed by atoms with Gasteiger partial charge in [-0.25, -0.2) is 0 Å². The van der Waals surface area contributed by atoms with Gasteiger partial charge in [-0.15, -0.1) is 0 Å². The highest BCUT2D eigenvalue weighted by atomic mass is 16.5. The topological polar surface area (TPSA) is 81.3 Å². The van der Waals surface area contributed by atoms with E-state index in [-0.39, 0.29) is 5.75 Å². The first-order chi connectivity index (χ1) is 7.79. The summed E-state index contributed by atoms with van der Waals surface area (Å²) >= 11 is 0. The van der Waals surface area contributed by atoms with Gasteiger partial charge >= 0.3 is 0 Å². The summed E-state index contributed by atoms with van der Waals surface area (Å²) in [5.41, 5.74) is 0.594. The lowest BCUT2D eigenvalue weighted by Crippen LogP contribution is -1.96. The molecule has 2 heterocycles. The van der Waals surface area contributed by atoms with Gasteiger partial charge in [-0.3, -0.25) is 4.98 Å². The fourth-order valence-corrected chi connectivity index (χ4v) is 1.21. The highest BCUT2D eigenvalue weighted by molar-refractivity contribution is 5.53. The summed E-state index contributed by atoms with van der Waals surface area (Å²) in [6, 6.07) is 1.51. The molecule has 0 aliphatic heterocycles. The molecule has 0 bridgehead atoms. The van der Waals surface area contributed by atoms with Crippen molar-refractivity contribution in [1.82, 2.24) is 15.1 Å². The highest BCUT2D eigenvalue weighted by Gasteiger charge is 2.09. The molecule has 0 aliphatic carbocycles. The fraction of sp³-hybridized carbons (Fsp3) is 0.300. The molecule has 0 atom stereocenters. The minimum absolute atomic E-state index is 0.0640. The summed E-state index contributed by atoms with van der Waals surface area (Å²) in [5, 5.41) is 13.0. The second-order valence-electron chi connectivity index (χ2n) is 3.19. The smallest absolute Gasteiger partial charge is 0.259 e. The first kappa shape index (κ1) is 10.6. The maximum Gasteiger partial charge on any atom is 0.259 e. The van der Waals surface area contributed by atoms with Crippen LogP contribution in [0.3, 0.4) is 0 Å². The molecule has 84 valence electrons. The van der Waals surface area contributed by atoms with E-state index < -0.39 is 0 Å². The van der Waals surface area contributed by atoms with Gasteiger partial charge in [0.1, 0.15) is 5.75 Å². The molecular weight excluding hydrogens is 210 g/mol. The van der Waals surface area contributed by atoms with Gasteiger partial charge in [-0.05, 0) is 6.07 Å². The van der Waals surface area contributed by atoms with Crippen LogP contribution < -0.4 is 0 Å². The predicted octanol–water partition coefficient (Wildman–Crippen LogP) is 1.03. The lowest BCUT2D eigenvalue weighted by molar-refractivity contribution is 0.199. The molecule has 0 spiro atoms. The van der Waals surface area contributed by atoms with Crippen LogP contribution in [0.15, 0.2) is 23.0 Å². The number of nitrogens with zero attached hydrogens (tertiary/aromatic N) is 3. The Morgan fingerprint density at radius 1 is 1.44 bits per heavy atom. The van der Waals surface area contributed by atoms with E-state index in [0.29, 0.717) is 30.3 Å². The van der Waals surface area contributed by atoms with Gasteiger partial charge in [0.15, 0.2) is 5.82 Å². The van der Waals surface area contributed by atoms with E-state index >= 15 is 0 Å². The number of aromatic nitrogens is 3. The van der Waals surface area contributed by atoms with Gasteiger partial charge < -0.3 is 14.4 Å². The summed E-state index contributed by atoms with van der Waals surface area (Å²) < 4.78 is 9.94. The monoisotopic (exact) mass is 221 g/mol. The SMILES string of the molecule is COCCc1noc(-c2cncc(O)c2)n1. The summed E-state index contributed by atoms with van der Waals surface area (Å²) in [6.45, 7) is 0.539. The minimum Gasteiger partial charge on any atom is -0.506 e. The predicted molar refractivity (Wildman–Crippen MR) is 54.8 cm³/mol. The van der Waals surface area contributed by atoms with E-state index in [2.05, 4.69) is 15.1 Å². The number of hydrogen-bond donors (Lipinski definition) is 1. The van der Waals surface area contributed by atoms with Crippen molar-refractivity contribution in [2.45, 2.75) is 6.42 Å².